The fraction of sp³-hybridized carbons (Fsp3) is 0.400. The van der Waals surface area contributed by atoms with Crippen molar-refractivity contribution in [3.8, 4) is 0 Å². The van der Waals surface area contributed by atoms with Gasteiger partial charge < -0.3 is 9.15 Å². The standard InChI is InChI=1S/C5H7N3O3/c1-2-10-5(9)8-4(6)11-3-7-8/h3,6H,2H2,1H3. The molecule has 1 heterocycles. The van der Waals surface area contributed by atoms with E-state index in [1.54, 1.807) is 6.92 Å². The maximum absolute atomic E-state index is 10.8. The average Bonchev–Trinajstić information content (AvgIpc) is 2.36. The molecule has 1 aromatic heterocycles. The molecular weight excluding hydrogens is 150 g/mol. The van der Waals surface area contributed by atoms with E-state index in [-0.39, 0.29) is 12.3 Å². The highest BCUT2D eigenvalue weighted by Crippen LogP contribution is 1.81. The van der Waals surface area contributed by atoms with Crippen LogP contribution < -0.4 is 5.68 Å². The van der Waals surface area contributed by atoms with Gasteiger partial charge in [-0.05, 0) is 6.92 Å². The van der Waals surface area contributed by atoms with Crippen LogP contribution in [0.1, 0.15) is 6.92 Å². The average molecular weight is 157 g/mol. The molecule has 0 aliphatic rings. The monoisotopic (exact) mass is 157 g/mol. The normalized spacial score (nSPS) is 9.55. The van der Waals surface area contributed by atoms with E-state index >= 15 is 0 Å². The predicted molar refractivity (Wildman–Crippen MR) is 32.8 cm³/mol. The summed E-state index contributed by atoms with van der Waals surface area (Å²) in [6.45, 7) is 1.92. The van der Waals surface area contributed by atoms with E-state index in [4.69, 9.17) is 5.41 Å². The Labute approximate surface area is 61.9 Å². The molecule has 6 nitrogen and oxygen atoms in total. The molecule has 1 rings (SSSR count). The van der Waals surface area contributed by atoms with Gasteiger partial charge in [0.25, 0.3) is 0 Å². The van der Waals surface area contributed by atoms with E-state index in [1.165, 1.54) is 0 Å². The largest absolute Gasteiger partial charge is 0.448 e. The van der Waals surface area contributed by atoms with Crippen LogP contribution in [-0.4, -0.2) is 22.5 Å². The van der Waals surface area contributed by atoms with Crippen LogP contribution in [0.4, 0.5) is 4.79 Å². The van der Waals surface area contributed by atoms with E-state index in [9.17, 15) is 4.79 Å². The minimum atomic E-state index is -0.703. The van der Waals surface area contributed by atoms with Gasteiger partial charge in [-0.15, -0.1) is 9.78 Å². The first-order valence-electron chi connectivity index (χ1n) is 3.00. The van der Waals surface area contributed by atoms with Crippen LogP contribution in [-0.2, 0) is 4.74 Å². The quantitative estimate of drug-likeness (QED) is 0.620. The minimum Gasteiger partial charge on any atom is -0.448 e. The topological polar surface area (TPSA) is 81.1 Å². The highest BCUT2D eigenvalue weighted by atomic mass is 16.6. The first-order valence-corrected chi connectivity index (χ1v) is 3.00. The minimum absolute atomic E-state index is 0.248. The molecule has 0 fully saturated rings. The van der Waals surface area contributed by atoms with Crippen molar-refractivity contribution >= 4 is 6.09 Å². The molecule has 0 bridgehead atoms. The third-order valence-electron chi connectivity index (χ3n) is 0.960. The summed E-state index contributed by atoms with van der Waals surface area (Å²) in [6.07, 6.45) is 0.297. The molecule has 0 atom stereocenters. The van der Waals surface area contributed by atoms with Gasteiger partial charge in [-0.25, -0.2) is 10.2 Å². The van der Waals surface area contributed by atoms with Crippen molar-refractivity contribution in [3.63, 3.8) is 0 Å². The fourth-order valence-corrected chi connectivity index (χ4v) is 0.538. The van der Waals surface area contributed by atoms with Crippen molar-refractivity contribution in [2.24, 2.45) is 0 Å². The SMILES string of the molecule is CCOC(=O)n1ncoc1=N. The van der Waals surface area contributed by atoms with Crippen LogP contribution in [0.25, 0.3) is 0 Å². The van der Waals surface area contributed by atoms with Gasteiger partial charge in [0.05, 0.1) is 6.61 Å². The lowest BCUT2D eigenvalue weighted by Gasteiger charge is -1.96. The molecule has 1 N–H and O–H groups in total. The molecule has 0 aliphatic carbocycles. The lowest BCUT2D eigenvalue weighted by Crippen LogP contribution is -2.25. The summed E-state index contributed by atoms with van der Waals surface area (Å²) < 4.78 is 9.72. The lowest BCUT2D eigenvalue weighted by molar-refractivity contribution is 0.147. The highest BCUT2D eigenvalue weighted by molar-refractivity contribution is 5.68. The van der Waals surface area contributed by atoms with E-state index in [0.717, 1.165) is 11.1 Å². The molecular formula is C5H7N3O3. The van der Waals surface area contributed by atoms with Crippen LogP contribution >= 0.6 is 0 Å². The first kappa shape index (κ1) is 7.52. The summed E-state index contributed by atoms with van der Waals surface area (Å²) in [7, 11) is 0. The molecule has 0 saturated carbocycles. The summed E-state index contributed by atoms with van der Waals surface area (Å²) in [5.41, 5.74) is -0.344. The Hall–Kier alpha value is -1.59. The molecule has 6 heteroatoms. The van der Waals surface area contributed by atoms with Crippen molar-refractivity contribution in [2.75, 3.05) is 6.61 Å². The zero-order chi connectivity index (χ0) is 8.27. The second-order valence-electron chi connectivity index (χ2n) is 1.65. The smallest absolute Gasteiger partial charge is 0.439 e. The van der Waals surface area contributed by atoms with Crippen molar-refractivity contribution in [1.82, 2.24) is 9.78 Å². The number of hydrogen-bond donors (Lipinski definition) is 1. The Morgan fingerprint density at radius 1 is 2.00 bits per heavy atom. The molecule has 0 saturated heterocycles. The van der Waals surface area contributed by atoms with Gasteiger partial charge in [0.15, 0.2) is 0 Å². The van der Waals surface area contributed by atoms with Gasteiger partial charge in [0.1, 0.15) is 0 Å². The zero-order valence-electron chi connectivity index (χ0n) is 5.90. The zero-order valence-corrected chi connectivity index (χ0v) is 5.90. The summed E-state index contributed by atoms with van der Waals surface area (Å²) in [5, 5.41) is 10.4. The summed E-state index contributed by atoms with van der Waals surface area (Å²) in [5.74, 6) is 0. The van der Waals surface area contributed by atoms with Gasteiger partial charge >= 0.3 is 11.8 Å². The molecule has 60 valence electrons. The van der Waals surface area contributed by atoms with Crippen LogP contribution in [0, 0.1) is 5.41 Å². The van der Waals surface area contributed by atoms with Crippen molar-refractivity contribution in [1.29, 1.82) is 5.41 Å². The van der Waals surface area contributed by atoms with Crippen molar-refractivity contribution in [2.45, 2.75) is 6.92 Å². The summed E-state index contributed by atoms with van der Waals surface area (Å²) in [6, 6.07) is 0. The van der Waals surface area contributed by atoms with Gasteiger partial charge in [0.2, 0.25) is 6.39 Å². The second-order valence-corrected chi connectivity index (χ2v) is 1.65. The number of hydrogen-bond acceptors (Lipinski definition) is 5. The fourth-order valence-electron chi connectivity index (χ4n) is 0.538. The van der Waals surface area contributed by atoms with Crippen LogP contribution in [0.5, 0.6) is 0 Å². The molecule has 0 amide bonds. The number of ether oxygens (including phenoxy) is 1. The molecule has 0 unspecified atom stereocenters. The van der Waals surface area contributed by atoms with Gasteiger partial charge in [0, 0.05) is 0 Å². The molecule has 0 aliphatic heterocycles. The Morgan fingerprint density at radius 3 is 3.18 bits per heavy atom. The third-order valence-corrected chi connectivity index (χ3v) is 0.960. The summed E-state index contributed by atoms with van der Waals surface area (Å²) in [4.78, 5) is 10.8. The third kappa shape index (κ3) is 1.46. The molecule has 0 spiro atoms. The predicted octanol–water partition coefficient (Wildman–Crippen LogP) is -0.0398. The van der Waals surface area contributed by atoms with E-state index in [0.29, 0.717) is 0 Å². The van der Waals surface area contributed by atoms with Gasteiger partial charge in [-0.1, -0.05) is 0 Å². The Kier molecular flexibility index (Phi) is 2.05. The maximum atomic E-state index is 10.8. The van der Waals surface area contributed by atoms with Crippen LogP contribution in [0.3, 0.4) is 0 Å². The Morgan fingerprint density at radius 2 is 2.73 bits per heavy atom. The molecule has 0 radical (unpaired) electrons. The van der Waals surface area contributed by atoms with Gasteiger partial charge in [-0.2, -0.15) is 0 Å². The Balaban J connectivity index is 2.85. The lowest BCUT2D eigenvalue weighted by atomic mass is 10.9. The van der Waals surface area contributed by atoms with E-state index in [2.05, 4.69) is 14.3 Å². The molecule has 0 aromatic carbocycles. The van der Waals surface area contributed by atoms with Crippen LogP contribution in [0.15, 0.2) is 10.8 Å². The van der Waals surface area contributed by atoms with Crippen molar-refractivity contribution in [3.05, 3.63) is 12.1 Å². The number of rotatable bonds is 1. The molecule has 11 heavy (non-hydrogen) atoms. The van der Waals surface area contributed by atoms with E-state index < -0.39 is 6.09 Å². The highest BCUT2D eigenvalue weighted by Gasteiger charge is 2.07. The van der Waals surface area contributed by atoms with Crippen LogP contribution in [0.2, 0.25) is 0 Å². The van der Waals surface area contributed by atoms with Crippen molar-refractivity contribution < 1.29 is 13.9 Å². The number of carbonyl (C=O) groups is 1. The molecule has 1 aromatic rings. The number of nitrogens with one attached hydrogen (secondary N) is 1. The number of nitrogens with zero attached hydrogens (tertiary/aromatic N) is 2. The van der Waals surface area contributed by atoms with Gasteiger partial charge in [-0.3, -0.25) is 0 Å². The summed E-state index contributed by atoms with van der Waals surface area (Å²) >= 11 is 0. The first-order chi connectivity index (χ1) is 5.25. The number of aromatic nitrogens is 2. The number of carbonyl (C=O) groups excluding carboxylic acids is 1. The Bertz CT molecular complexity index is 300. The second kappa shape index (κ2) is 3.00. The maximum Gasteiger partial charge on any atom is 0.439 e. The van der Waals surface area contributed by atoms with E-state index in [1.807, 2.05) is 0 Å².